The van der Waals surface area contributed by atoms with Crippen LogP contribution >= 0.6 is 0 Å². The van der Waals surface area contributed by atoms with Crippen LogP contribution in [-0.2, 0) is 23.9 Å². The molecule has 7 heteroatoms. The number of benzene rings is 1. The van der Waals surface area contributed by atoms with Crippen LogP contribution in [0.4, 0.5) is 5.69 Å². The lowest BCUT2D eigenvalue weighted by Gasteiger charge is -2.20. The maximum absolute atomic E-state index is 12.0. The normalized spacial score (nSPS) is 11.1. The van der Waals surface area contributed by atoms with Crippen LogP contribution in [0.25, 0.3) is 6.08 Å². The van der Waals surface area contributed by atoms with Gasteiger partial charge in [0, 0.05) is 18.7 Å². The molecule has 2 amide bonds. The minimum absolute atomic E-state index is 0.0320. The number of nitrogens with zero attached hydrogens (tertiary/aromatic N) is 1. The molecule has 0 atom stereocenters. The van der Waals surface area contributed by atoms with E-state index in [1.54, 1.807) is 45.0 Å². The van der Waals surface area contributed by atoms with Crippen LogP contribution in [0, 0.1) is 0 Å². The van der Waals surface area contributed by atoms with Gasteiger partial charge in [-0.25, -0.2) is 0 Å². The first-order chi connectivity index (χ1) is 12.1. The molecule has 0 aliphatic heterocycles. The van der Waals surface area contributed by atoms with Gasteiger partial charge in [0.2, 0.25) is 12.2 Å². The molecule has 0 unspecified atom stereocenters. The Morgan fingerprint density at radius 1 is 1.23 bits per heavy atom. The predicted molar refractivity (Wildman–Crippen MR) is 97.9 cm³/mol. The first-order valence-electron chi connectivity index (χ1n) is 8.04. The Balaban J connectivity index is 2.82. The molecular formula is C19H23N2O5. The van der Waals surface area contributed by atoms with Crippen LogP contribution in [0.1, 0.15) is 33.3 Å². The molecular weight excluding hydrogens is 336 g/mol. The van der Waals surface area contributed by atoms with Gasteiger partial charge in [-0.15, -0.1) is 0 Å². The highest BCUT2D eigenvalue weighted by atomic mass is 16.6. The third-order valence-corrected chi connectivity index (χ3v) is 3.08. The zero-order valence-electron chi connectivity index (χ0n) is 15.4. The number of anilines is 1. The average Bonchev–Trinajstić information content (AvgIpc) is 2.54. The smallest absolute Gasteiger partial charge is 0.325 e. The van der Waals surface area contributed by atoms with Crippen LogP contribution in [0.3, 0.4) is 0 Å². The first-order valence-corrected chi connectivity index (χ1v) is 8.04. The topological polar surface area (TPSA) is 92.8 Å². The number of rotatable bonds is 7. The van der Waals surface area contributed by atoms with E-state index in [4.69, 9.17) is 4.74 Å². The first kappa shape index (κ1) is 21.1. The fourth-order valence-electron chi connectivity index (χ4n) is 2.01. The number of amides is 2. The molecule has 26 heavy (non-hydrogen) atoms. The number of carbonyl (C=O) groups excluding carboxylic acids is 4. The van der Waals surface area contributed by atoms with E-state index in [2.05, 4.69) is 5.32 Å². The highest BCUT2D eigenvalue weighted by Gasteiger charge is 2.17. The molecule has 0 heterocycles. The minimum Gasteiger partial charge on any atom is -0.459 e. The van der Waals surface area contributed by atoms with Crippen LogP contribution in [-0.4, -0.2) is 47.7 Å². The van der Waals surface area contributed by atoms with Crippen molar-refractivity contribution in [3.05, 3.63) is 35.9 Å². The molecule has 0 aliphatic carbocycles. The second-order valence-corrected chi connectivity index (χ2v) is 6.45. The summed E-state index contributed by atoms with van der Waals surface area (Å²) in [5.41, 5.74) is 0.692. The monoisotopic (exact) mass is 359 g/mol. The molecule has 1 aromatic carbocycles. The number of imide groups is 1. The number of nitrogens with one attached hydrogen (secondary N) is 1. The zero-order chi connectivity index (χ0) is 19.7. The summed E-state index contributed by atoms with van der Waals surface area (Å²) < 4.78 is 5.23. The quantitative estimate of drug-likeness (QED) is 0.591. The maximum Gasteiger partial charge on any atom is 0.325 e. The lowest BCUT2D eigenvalue weighted by atomic mass is 10.1. The molecule has 139 valence electrons. The number of hydrogen-bond acceptors (Lipinski definition) is 6. The SMILES string of the molecule is CC(=O)N(C[C]=O)C(=O)/C=C/c1ccccc1NCC(=O)OC(C)(C)C. The van der Waals surface area contributed by atoms with Gasteiger partial charge in [-0.3, -0.25) is 24.1 Å². The molecule has 7 nitrogen and oxygen atoms in total. The van der Waals surface area contributed by atoms with E-state index in [1.165, 1.54) is 25.4 Å². The number of ether oxygens (including phenoxy) is 1. The van der Waals surface area contributed by atoms with Gasteiger partial charge in [-0.2, -0.15) is 0 Å². The summed E-state index contributed by atoms with van der Waals surface area (Å²) in [6, 6.07) is 7.03. The summed E-state index contributed by atoms with van der Waals surface area (Å²) in [6.07, 6.45) is 4.22. The standard InChI is InChI=1S/C19H23N2O5/c1-14(23)21(11-12-22)17(24)10-9-15-7-5-6-8-16(15)20-13-18(25)26-19(2,3)4/h5-10,20H,11,13H2,1-4H3/b10-9+. The molecule has 0 saturated heterocycles. The van der Waals surface area contributed by atoms with Crippen LogP contribution in [0.15, 0.2) is 30.3 Å². The van der Waals surface area contributed by atoms with E-state index in [9.17, 15) is 19.2 Å². The number of para-hydroxylation sites is 1. The van der Waals surface area contributed by atoms with Crippen molar-refractivity contribution < 1.29 is 23.9 Å². The zero-order valence-corrected chi connectivity index (χ0v) is 15.4. The van der Waals surface area contributed by atoms with Crippen molar-refractivity contribution >= 4 is 35.8 Å². The van der Waals surface area contributed by atoms with Gasteiger partial charge in [0.1, 0.15) is 12.1 Å². The van der Waals surface area contributed by atoms with Crippen LogP contribution in [0.5, 0.6) is 0 Å². The van der Waals surface area contributed by atoms with Crippen molar-refractivity contribution in [1.29, 1.82) is 0 Å². The van der Waals surface area contributed by atoms with E-state index < -0.39 is 29.9 Å². The predicted octanol–water partition coefficient (Wildman–Crippen LogP) is 1.94. The fraction of sp³-hybridized carbons (Fsp3) is 0.368. The second kappa shape index (κ2) is 9.50. The minimum atomic E-state index is -0.622. The van der Waals surface area contributed by atoms with Crippen molar-refractivity contribution in [2.45, 2.75) is 33.3 Å². The van der Waals surface area contributed by atoms with Gasteiger partial charge in [-0.1, -0.05) is 18.2 Å². The Bertz CT molecular complexity index is 704. The fourth-order valence-corrected chi connectivity index (χ4v) is 2.01. The lowest BCUT2D eigenvalue weighted by Crippen LogP contribution is -2.35. The Morgan fingerprint density at radius 2 is 1.88 bits per heavy atom. The Labute approximate surface area is 153 Å². The summed E-state index contributed by atoms with van der Waals surface area (Å²) in [6.45, 7) is 6.09. The molecule has 0 aromatic heterocycles. The molecule has 0 fully saturated rings. The third kappa shape index (κ3) is 7.29. The van der Waals surface area contributed by atoms with E-state index in [0.717, 1.165) is 4.90 Å². The van der Waals surface area contributed by atoms with Gasteiger partial charge < -0.3 is 10.1 Å². The largest absolute Gasteiger partial charge is 0.459 e. The van der Waals surface area contributed by atoms with E-state index in [1.807, 2.05) is 0 Å². The van der Waals surface area contributed by atoms with E-state index in [-0.39, 0.29) is 6.54 Å². The summed E-state index contributed by atoms with van der Waals surface area (Å²) in [5, 5.41) is 2.96. The van der Waals surface area contributed by atoms with Gasteiger partial charge in [0.25, 0.3) is 5.91 Å². The Kier molecular flexibility index (Phi) is 7.71. The highest BCUT2D eigenvalue weighted by molar-refractivity contribution is 6.03. The highest BCUT2D eigenvalue weighted by Crippen LogP contribution is 2.17. The van der Waals surface area contributed by atoms with Crippen molar-refractivity contribution in [3.8, 4) is 0 Å². The molecule has 1 aromatic rings. The Morgan fingerprint density at radius 3 is 2.46 bits per heavy atom. The summed E-state index contributed by atoms with van der Waals surface area (Å²) in [4.78, 5) is 46.4. The molecule has 1 rings (SSSR count). The second-order valence-electron chi connectivity index (χ2n) is 6.45. The van der Waals surface area contributed by atoms with Gasteiger partial charge >= 0.3 is 5.97 Å². The van der Waals surface area contributed by atoms with Crippen molar-refractivity contribution in [3.63, 3.8) is 0 Å². The van der Waals surface area contributed by atoms with Crippen LogP contribution in [0.2, 0.25) is 0 Å². The molecule has 1 N–H and O–H groups in total. The molecule has 0 bridgehead atoms. The van der Waals surface area contributed by atoms with Crippen LogP contribution < -0.4 is 5.32 Å². The number of esters is 1. The molecule has 0 spiro atoms. The van der Waals surface area contributed by atoms with Crippen molar-refractivity contribution in [2.75, 3.05) is 18.4 Å². The van der Waals surface area contributed by atoms with Gasteiger partial charge in [-0.05, 0) is 38.5 Å². The summed E-state index contributed by atoms with van der Waals surface area (Å²) in [5.74, 6) is -1.57. The third-order valence-electron chi connectivity index (χ3n) is 3.08. The van der Waals surface area contributed by atoms with Crippen molar-refractivity contribution in [1.82, 2.24) is 4.90 Å². The van der Waals surface area contributed by atoms with Crippen molar-refractivity contribution in [2.24, 2.45) is 0 Å². The van der Waals surface area contributed by atoms with E-state index >= 15 is 0 Å². The molecule has 1 radical (unpaired) electrons. The summed E-state index contributed by atoms with van der Waals surface area (Å²) in [7, 11) is 0. The Hall–Kier alpha value is -2.96. The van der Waals surface area contributed by atoms with E-state index in [0.29, 0.717) is 11.3 Å². The number of hydrogen-bond donors (Lipinski definition) is 1. The molecule has 0 saturated carbocycles. The van der Waals surface area contributed by atoms with Gasteiger partial charge in [0.05, 0.1) is 6.54 Å². The average molecular weight is 359 g/mol. The molecule has 0 aliphatic rings. The van der Waals surface area contributed by atoms with Gasteiger partial charge in [0.15, 0.2) is 0 Å². The maximum atomic E-state index is 12.0. The lowest BCUT2D eigenvalue weighted by molar-refractivity contribution is -0.152. The summed E-state index contributed by atoms with van der Waals surface area (Å²) >= 11 is 0. The number of carbonyl (C=O) groups is 3.